The summed E-state index contributed by atoms with van der Waals surface area (Å²) < 4.78 is 10.4. The van der Waals surface area contributed by atoms with Gasteiger partial charge >= 0.3 is 11.9 Å². The zero-order valence-electron chi connectivity index (χ0n) is 21.1. The molecule has 1 N–H and O–H groups in total. The second-order valence-electron chi connectivity index (χ2n) is 8.58. The highest BCUT2D eigenvalue weighted by atomic mass is 16.5. The van der Waals surface area contributed by atoms with Crippen molar-refractivity contribution in [2.75, 3.05) is 5.32 Å². The molecule has 0 aliphatic rings. The fraction of sp³-hybridized carbons (Fsp3) is 0.0938. The number of rotatable bonds is 8. The number of nitrogens with one attached hydrogen (secondary N) is 1. The van der Waals surface area contributed by atoms with Crippen LogP contribution in [0.25, 0.3) is 6.08 Å². The van der Waals surface area contributed by atoms with E-state index in [1.807, 2.05) is 78.9 Å². The van der Waals surface area contributed by atoms with E-state index < -0.39 is 11.9 Å². The second kappa shape index (κ2) is 12.3. The smallest absolute Gasteiger partial charge is 0.308 e. The molecule has 1 amide bonds. The highest BCUT2D eigenvalue weighted by molar-refractivity contribution is 6.02. The molecular formula is C32H27NO5. The summed E-state index contributed by atoms with van der Waals surface area (Å²) in [5, 5.41) is 3.01. The van der Waals surface area contributed by atoms with Crippen molar-refractivity contribution in [1.82, 2.24) is 0 Å². The molecule has 0 unspecified atom stereocenters. The highest BCUT2D eigenvalue weighted by Gasteiger charge is 2.21. The van der Waals surface area contributed by atoms with Crippen molar-refractivity contribution in [3.05, 3.63) is 131 Å². The number of hydrogen-bond acceptors (Lipinski definition) is 5. The summed E-state index contributed by atoms with van der Waals surface area (Å²) in [5.74, 6) is -0.438. The maximum atomic E-state index is 12.8. The minimum atomic E-state index is -0.396. The molecule has 0 aliphatic carbocycles. The number of carbonyl (C=O) groups excluding carboxylic acids is 3. The quantitative estimate of drug-likeness (QED) is 0.130. The van der Waals surface area contributed by atoms with Crippen molar-refractivity contribution >= 4 is 29.6 Å². The highest BCUT2D eigenvalue weighted by Crippen LogP contribution is 2.37. The first-order valence-electron chi connectivity index (χ1n) is 12.1. The Balaban J connectivity index is 1.70. The number of benzene rings is 4. The minimum absolute atomic E-state index is 0.254. The molecule has 190 valence electrons. The van der Waals surface area contributed by atoms with Crippen LogP contribution in [0.1, 0.15) is 42.0 Å². The van der Waals surface area contributed by atoms with E-state index in [1.54, 1.807) is 30.3 Å². The van der Waals surface area contributed by atoms with Gasteiger partial charge in [0.2, 0.25) is 5.91 Å². The predicted molar refractivity (Wildman–Crippen MR) is 147 cm³/mol. The summed E-state index contributed by atoms with van der Waals surface area (Å²) in [6.07, 6.45) is 3.26. The van der Waals surface area contributed by atoms with Gasteiger partial charge in [-0.15, -0.1) is 0 Å². The van der Waals surface area contributed by atoms with Crippen molar-refractivity contribution in [1.29, 1.82) is 0 Å². The van der Waals surface area contributed by atoms with E-state index in [9.17, 15) is 14.4 Å². The third-order valence-corrected chi connectivity index (χ3v) is 5.71. The zero-order valence-corrected chi connectivity index (χ0v) is 21.1. The van der Waals surface area contributed by atoms with Gasteiger partial charge in [0.15, 0.2) is 0 Å². The lowest BCUT2D eigenvalue weighted by Crippen LogP contribution is -2.13. The van der Waals surface area contributed by atoms with Crippen molar-refractivity contribution in [3.63, 3.8) is 0 Å². The van der Waals surface area contributed by atoms with E-state index in [0.29, 0.717) is 17.2 Å². The molecule has 0 radical (unpaired) electrons. The molecule has 38 heavy (non-hydrogen) atoms. The van der Waals surface area contributed by atoms with E-state index in [2.05, 4.69) is 5.32 Å². The van der Waals surface area contributed by atoms with Gasteiger partial charge in [0, 0.05) is 31.5 Å². The van der Waals surface area contributed by atoms with E-state index in [-0.39, 0.29) is 11.8 Å². The van der Waals surface area contributed by atoms with Gasteiger partial charge in [-0.2, -0.15) is 0 Å². The Bertz CT molecular complexity index is 1380. The fourth-order valence-electron chi connectivity index (χ4n) is 4.11. The van der Waals surface area contributed by atoms with Crippen LogP contribution >= 0.6 is 0 Å². The molecule has 0 atom stereocenters. The van der Waals surface area contributed by atoms with Crippen LogP contribution in [0.5, 0.6) is 11.5 Å². The Morgan fingerprint density at radius 1 is 0.658 bits per heavy atom. The first-order valence-corrected chi connectivity index (χ1v) is 12.1. The average molecular weight is 506 g/mol. The molecule has 4 aromatic rings. The van der Waals surface area contributed by atoms with Crippen molar-refractivity contribution in [2.24, 2.45) is 0 Å². The van der Waals surface area contributed by atoms with Crippen LogP contribution in [0.15, 0.2) is 109 Å². The van der Waals surface area contributed by atoms with Crippen molar-refractivity contribution < 1.29 is 23.9 Å². The van der Waals surface area contributed by atoms with E-state index >= 15 is 0 Å². The standard InChI is InChI=1S/C32H27NO5/c1-22(34)37-27-17-13-25(14-18-27)32(26-15-19-28(20-16-26)38-23(2)35)29-10-6-7-11-30(29)33-31(36)21-12-24-8-4-3-5-9-24/h3-21,32H,1-2H3,(H,33,36). The van der Waals surface area contributed by atoms with Gasteiger partial charge in [-0.05, 0) is 58.7 Å². The molecule has 4 rings (SSSR count). The Kier molecular flexibility index (Phi) is 8.46. The number of carbonyl (C=O) groups is 3. The second-order valence-corrected chi connectivity index (χ2v) is 8.58. The number of hydrogen-bond donors (Lipinski definition) is 1. The van der Waals surface area contributed by atoms with Crippen molar-refractivity contribution in [3.8, 4) is 11.5 Å². The number of esters is 2. The summed E-state index contributed by atoms with van der Waals surface area (Å²) in [6.45, 7) is 2.71. The molecule has 0 spiro atoms. The van der Waals surface area contributed by atoms with Crippen LogP contribution in [-0.4, -0.2) is 17.8 Å². The largest absolute Gasteiger partial charge is 0.427 e. The molecule has 0 aromatic heterocycles. The number of ether oxygens (including phenoxy) is 2. The van der Waals surface area contributed by atoms with Crippen LogP contribution in [-0.2, 0) is 14.4 Å². The third kappa shape index (κ3) is 7.04. The first-order chi connectivity index (χ1) is 18.4. The van der Waals surface area contributed by atoms with Gasteiger partial charge in [-0.25, -0.2) is 0 Å². The summed E-state index contributed by atoms with van der Waals surface area (Å²) in [5.41, 5.74) is 4.29. The monoisotopic (exact) mass is 505 g/mol. The predicted octanol–water partition coefficient (Wildman–Crippen LogP) is 6.37. The van der Waals surface area contributed by atoms with Crippen LogP contribution in [0.4, 0.5) is 5.69 Å². The normalized spacial score (nSPS) is 10.8. The minimum Gasteiger partial charge on any atom is -0.427 e. The zero-order chi connectivity index (χ0) is 26.9. The van der Waals surface area contributed by atoms with Gasteiger partial charge in [-0.3, -0.25) is 14.4 Å². The Morgan fingerprint density at radius 3 is 1.68 bits per heavy atom. The molecule has 6 heteroatoms. The first kappa shape index (κ1) is 26.1. The number of anilines is 1. The molecule has 0 saturated carbocycles. The van der Waals surface area contributed by atoms with Gasteiger partial charge in [0.25, 0.3) is 0 Å². The summed E-state index contributed by atoms with van der Waals surface area (Å²) in [4.78, 5) is 35.6. The molecule has 4 aromatic carbocycles. The maximum absolute atomic E-state index is 12.8. The molecule has 0 fully saturated rings. The molecule has 6 nitrogen and oxygen atoms in total. The Labute approximate surface area is 221 Å². The van der Waals surface area contributed by atoms with Crippen LogP contribution in [0.3, 0.4) is 0 Å². The van der Waals surface area contributed by atoms with Gasteiger partial charge in [0.1, 0.15) is 11.5 Å². The summed E-state index contributed by atoms with van der Waals surface area (Å²) >= 11 is 0. The number of para-hydroxylation sites is 1. The SMILES string of the molecule is CC(=O)Oc1ccc(C(c2ccc(OC(C)=O)cc2)c2ccccc2NC(=O)C=Cc2ccccc2)cc1. The Morgan fingerprint density at radius 2 is 1.16 bits per heavy atom. The van der Waals surface area contributed by atoms with Gasteiger partial charge in [0.05, 0.1) is 0 Å². The molecule has 0 heterocycles. The third-order valence-electron chi connectivity index (χ3n) is 5.71. The van der Waals surface area contributed by atoms with E-state index in [1.165, 1.54) is 19.9 Å². The fourth-order valence-corrected chi connectivity index (χ4v) is 4.11. The van der Waals surface area contributed by atoms with Crippen molar-refractivity contribution in [2.45, 2.75) is 19.8 Å². The average Bonchev–Trinajstić information content (AvgIpc) is 2.90. The molecular weight excluding hydrogens is 478 g/mol. The van der Waals surface area contributed by atoms with Gasteiger partial charge in [-0.1, -0.05) is 72.8 Å². The van der Waals surface area contributed by atoms with Crippen LogP contribution in [0.2, 0.25) is 0 Å². The summed E-state index contributed by atoms with van der Waals surface area (Å²) in [7, 11) is 0. The van der Waals surface area contributed by atoms with Crippen LogP contribution in [0, 0.1) is 0 Å². The lowest BCUT2D eigenvalue weighted by molar-refractivity contribution is -0.132. The summed E-state index contributed by atoms with van der Waals surface area (Å²) in [6, 6.07) is 31.7. The maximum Gasteiger partial charge on any atom is 0.308 e. The molecule has 0 saturated heterocycles. The number of amides is 1. The van der Waals surface area contributed by atoms with Crippen LogP contribution < -0.4 is 14.8 Å². The van der Waals surface area contributed by atoms with Gasteiger partial charge < -0.3 is 14.8 Å². The lowest BCUT2D eigenvalue weighted by Gasteiger charge is -2.22. The molecule has 0 bridgehead atoms. The van der Waals surface area contributed by atoms with E-state index in [0.717, 1.165) is 22.3 Å². The van der Waals surface area contributed by atoms with E-state index in [4.69, 9.17) is 9.47 Å². The molecule has 0 aliphatic heterocycles. The lowest BCUT2D eigenvalue weighted by atomic mass is 9.84. The topological polar surface area (TPSA) is 81.7 Å². The Hall–Kier alpha value is -4.97.